The molecule has 0 aliphatic rings. The summed E-state index contributed by atoms with van der Waals surface area (Å²) in [5.41, 5.74) is 5.95. The summed E-state index contributed by atoms with van der Waals surface area (Å²) in [4.78, 5) is 0. The van der Waals surface area contributed by atoms with Crippen LogP contribution in [0.2, 0.25) is 0 Å². The number of benzene rings is 1. The minimum Gasteiger partial charge on any atom is -0.493 e. The second-order valence-electron chi connectivity index (χ2n) is 3.26. The molecule has 2 N–H and O–H groups in total. The first-order valence-electron chi connectivity index (χ1n) is 4.87. The van der Waals surface area contributed by atoms with Crippen LogP contribution in [0.4, 0.5) is 8.78 Å². The Kier molecular flexibility index (Phi) is 4.49. The molecule has 0 spiro atoms. The van der Waals surface area contributed by atoms with E-state index < -0.39 is 6.43 Å². The molecule has 1 rings (SSSR count). The van der Waals surface area contributed by atoms with Crippen LogP contribution in [-0.4, -0.2) is 20.8 Å². The largest absolute Gasteiger partial charge is 0.493 e. The van der Waals surface area contributed by atoms with E-state index in [4.69, 9.17) is 15.2 Å². The predicted octanol–water partition coefficient (Wildman–Crippen LogP) is 2.14. The van der Waals surface area contributed by atoms with Crippen molar-refractivity contribution < 1.29 is 18.3 Å². The zero-order valence-electron chi connectivity index (χ0n) is 9.30. The predicted molar refractivity (Wildman–Crippen MR) is 57.3 cm³/mol. The standard InChI is InChI=1S/C11H15F2NO2/c1-15-9-6-7(3-4-14)5-8(11(12)13)10(9)16-2/h5-6,11H,3-4,14H2,1-2H3. The molecular formula is C11H15F2NO2. The van der Waals surface area contributed by atoms with E-state index in [0.717, 1.165) is 5.56 Å². The molecule has 0 fully saturated rings. The number of nitrogens with two attached hydrogens (primary N) is 1. The van der Waals surface area contributed by atoms with E-state index in [0.29, 0.717) is 18.7 Å². The topological polar surface area (TPSA) is 44.5 Å². The molecule has 0 aliphatic carbocycles. The van der Waals surface area contributed by atoms with Gasteiger partial charge in [-0.25, -0.2) is 8.78 Å². The van der Waals surface area contributed by atoms with Gasteiger partial charge in [-0.3, -0.25) is 0 Å². The Morgan fingerprint density at radius 2 is 1.94 bits per heavy atom. The maximum absolute atomic E-state index is 12.8. The highest BCUT2D eigenvalue weighted by Crippen LogP contribution is 2.38. The lowest BCUT2D eigenvalue weighted by Crippen LogP contribution is -2.05. The molecule has 0 unspecified atom stereocenters. The minimum absolute atomic E-state index is 0.0817. The van der Waals surface area contributed by atoms with Crippen LogP contribution in [0.1, 0.15) is 17.6 Å². The van der Waals surface area contributed by atoms with Gasteiger partial charge in [0.05, 0.1) is 19.8 Å². The summed E-state index contributed by atoms with van der Waals surface area (Å²) < 4.78 is 35.5. The second kappa shape index (κ2) is 5.65. The Hall–Kier alpha value is -1.36. The first-order chi connectivity index (χ1) is 7.63. The summed E-state index contributed by atoms with van der Waals surface area (Å²) in [5, 5.41) is 0. The van der Waals surface area contributed by atoms with Crippen molar-refractivity contribution in [3.63, 3.8) is 0 Å². The molecule has 0 bridgehead atoms. The fourth-order valence-corrected chi connectivity index (χ4v) is 1.53. The van der Waals surface area contributed by atoms with E-state index in [1.54, 1.807) is 6.07 Å². The molecule has 0 aliphatic heterocycles. The summed E-state index contributed by atoms with van der Waals surface area (Å²) in [6.45, 7) is 0.401. The lowest BCUT2D eigenvalue weighted by Gasteiger charge is -2.14. The van der Waals surface area contributed by atoms with Crippen molar-refractivity contribution in [3.05, 3.63) is 23.3 Å². The number of alkyl halides is 2. The lowest BCUT2D eigenvalue weighted by atomic mass is 10.1. The quantitative estimate of drug-likeness (QED) is 0.844. The summed E-state index contributed by atoms with van der Waals surface area (Å²) in [5.74, 6) is 0.391. The van der Waals surface area contributed by atoms with Crippen molar-refractivity contribution in [2.75, 3.05) is 20.8 Å². The Morgan fingerprint density at radius 3 is 2.38 bits per heavy atom. The van der Waals surface area contributed by atoms with Gasteiger partial charge in [-0.15, -0.1) is 0 Å². The molecule has 0 amide bonds. The van der Waals surface area contributed by atoms with Crippen LogP contribution in [0.25, 0.3) is 0 Å². The molecule has 0 heterocycles. The Bertz CT molecular complexity index is 356. The number of halogens is 2. The smallest absolute Gasteiger partial charge is 0.267 e. The van der Waals surface area contributed by atoms with Gasteiger partial charge in [-0.05, 0) is 30.7 Å². The summed E-state index contributed by atoms with van der Waals surface area (Å²) in [7, 11) is 2.76. The monoisotopic (exact) mass is 231 g/mol. The van der Waals surface area contributed by atoms with E-state index in [1.165, 1.54) is 20.3 Å². The normalized spacial score (nSPS) is 10.6. The van der Waals surface area contributed by atoms with Crippen LogP contribution in [0.3, 0.4) is 0 Å². The molecule has 0 saturated carbocycles. The van der Waals surface area contributed by atoms with Crippen LogP contribution in [0.15, 0.2) is 12.1 Å². The average Bonchev–Trinajstić information content (AvgIpc) is 2.28. The Labute approximate surface area is 93.2 Å². The fraction of sp³-hybridized carbons (Fsp3) is 0.455. The third-order valence-electron chi connectivity index (χ3n) is 2.24. The molecule has 0 aromatic heterocycles. The van der Waals surface area contributed by atoms with Crippen LogP contribution < -0.4 is 15.2 Å². The maximum Gasteiger partial charge on any atom is 0.267 e. The molecular weight excluding hydrogens is 216 g/mol. The van der Waals surface area contributed by atoms with Crippen molar-refractivity contribution in [2.45, 2.75) is 12.8 Å². The molecule has 16 heavy (non-hydrogen) atoms. The zero-order valence-corrected chi connectivity index (χ0v) is 9.30. The van der Waals surface area contributed by atoms with Crippen molar-refractivity contribution in [2.24, 2.45) is 5.73 Å². The number of ether oxygens (including phenoxy) is 2. The van der Waals surface area contributed by atoms with Gasteiger partial charge < -0.3 is 15.2 Å². The Morgan fingerprint density at radius 1 is 1.25 bits per heavy atom. The van der Waals surface area contributed by atoms with Crippen molar-refractivity contribution in [1.29, 1.82) is 0 Å². The first-order valence-corrected chi connectivity index (χ1v) is 4.87. The van der Waals surface area contributed by atoms with E-state index in [9.17, 15) is 8.78 Å². The molecule has 0 radical (unpaired) electrons. The van der Waals surface area contributed by atoms with Crippen LogP contribution in [0.5, 0.6) is 11.5 Å². The third-order valence-corrected chi connectivity index (χ3v) is 2.24. The average molecular weight is 231 g/mol. The SMILES string of the molecule is COc1cc(CCN)cc(C(F)F)c1OC. The van der Waals surface area contributed by atoms with Gasteiger partial charge in [-0.1, -0.05) is 0 Å². The van der Waals surface area contributed by atoms with Gasteiger partial charge in [0.1, 0.15) is 0 Å². The summed E-state index contributed by atoms with van der Waals surface area (Å²) in [6.07, 6.45) is -2.07. The lowest BCUT2D eigenvalue weighted by molar-refractivity contribution is 0.146. The highest BCUT2D eigenvalue weighted by molar-refractivity contribution is 5.50. The second-order valence-corrected chi connectivity index (χ2v) is 3.26. The van der Waals surface area contributed by atoms with Crippen molar-refractivity contribution in [3.8, 4) is 11.5 Å². The number of rotatable bonds is 5. The molecule has 0 saturated heterocycles. The molecule has 3 nitrogen and oxygen atoms in total. The first kappa shape index (κ1) is 12.7. The third kappa shape index (κ3) is 2.61. The summed E-state index contributed by atoms with van der Waals surface area (Å²) >= 11 is 0. The van der Waals surface area contributed by atoms with E-state index in [1.807, 2.05) is 0 Å². The van der Waals surface area contributed by atoms with Crippen LogP contribution in [-0.2, 0) is 6.42 Å². The number of hydrogen-bond acceptors (Lipinski definition) is 3. The van der Waals surface area contributed by atoms with Gasteiger partial charge in [0, 0.05) is 0 Å². The molecule has 0 atom stereocenters. The molecule has 1 aromatic carbocycles. The molecule has 1 aromatic rings. The van der Waals surface area contributed by atoms with Gasteiger partial charge in [0.2, 0.25) is 0 Å². The molecule has 5 heteroatoms. The Balaban J connectivity index is 3.25. The van der Waals surface area contributed by atoms with Gasteiger partial charge >= 0.3 is 0 Å². The number of methoxy groups -OCH3 is 2. The van der Waals surface area contributed by atoms with Gasteiger partial charge in [0.25, 0.3) is 6.43 Å². The van der Waals surface area contributed by atoms with Crippen LogP contribution >= 0.6 is 0 Å². The van der Waals surface area contributed by atoms with Gasteiger partial charge in [-0.2, -0.15) is 0 Å². The minimum atomic E-state index is -2.60. The highest BCUT2D eigenvalue weighted by Gasteiger charge is 2.19. The van der Waals surface area contributed by atoms with Crippen LogP contribution in [0, 0.1) is 0 Å². The number of hydrogen-bond donors (Lipinski definition) is 1. The highest BCUT2D eigenvalue weighted by atomic mass is 19.3. The summed E-state index contributed by atoms with van der Waals surface area (Å²) in [6, 6.07) is 3.07. The van der Waals surface area contributed by atoms with E-state index in [2.05, 4.69) is 0 Å². The van der Waals surface area contributed by atoms with Crippen molar-refractivity contribution in [1.82, 2.24) is 0 Å². The zero-order chi connectivity index (χ0) is 12.1. The molecule has 90 valence electrons. The van der Waals surface area contributed by atoms with E-state index >= 15 is 0 Å². The van der Waals surface area contributed by atoms with E-state index in [-0.39, 0.29) is 11.3 Å². The van der Waals surface area contributed by atoms with Gasteiger partial charge in [0.15, 0.2) is 11.5 Å². The maximum atomic E-state index is 12.8. The fourth-order valence-electron chi connectivity index (χ4n) is 1.53. The van der Waals surface area contributed by atoms with Crippen molar-refractivity contribution >= 4 is 0 Å².